The Morgan fingerprint density at radius 3 is 2.48 bits per heavy atom. The molecule has 1 heterocycles. The summed E-state index contributed by atoms with van der Waals surface area (Å²) < 4.78 is 4.64. The van der Waals surface area contributed by atoms with Gasteiger partial charge in [0, 0.05) is 31.5 Å². The molecule has 122 valence electrons. The molecule has 0 bridgehead atoms. The normalized spacial score (nSPS) is 14.1. The number of carbonyl (C=O) groups is 4. The van der Waals surface area contributed by atoms with Crippen LogP contribution in [0.3, 0.4) is 0 Å². The van der Waals surface area contributed by atoms with Gasteiger partial charge >= 0.3 is 5.97 Å². The first kappa shape index (κ1) is 16.7. The van der Waals surface area contributed by atoms with Gasteiger partial charge in [-0.2, -0.15) is 0 Å². The summed E-state index contributed by atoms with van der Waals surface area (Å²) >= 11 is 0. The highest BCUT2D eigenvalue weighted by molar-refractivity contribution is 6.02. The molecule has 1 aliphatic heterocycles. The predicted molar refractivity (Wildman–Crippen MR) is 81.7 cm³/mol. The van der Waals surface area contributed by atoms with Crippen LogP contribution in [0.2, 0.25) is 0 Å². The van der Waals surface area contributed by atoms with Crippen molar-refractivity contribution in [2.24, 2.45) is 0 Å². The molecule has 0 radical (unpaired) electrons. The second kappa shape index (κ2) is 7.04. The number of likely N-dealkylation sites (tertiary alicyclic amines) is 1. The molecule has 2 rings (SSSR count). The SMILES string of the molecule is COC(=O)c1ccc(C)c(NC(=O)CCN2C(=O)CCC2=O)c1. The zero-order valence-corrected chi connectivity index (χ0v) is 13.0. The molecule has 1 aromatic carbocycles. The fourth-order valence-electron chi connectivity index (χ4n) is 2.30. The highest BCUT2D eigenvalue weighted by atomic mass is 16.5. The molecule has 1 N–H and O–H groups in total. The maximum atomic E-state index is 12.0. The number of imide groups is 1. The van der Waals surface area contributed by atoms with Crippen LogP contribution in [0.1, 0.15) is 35.2 Å². The first-order valence-electron chi connectivity index (χ1n) is 7.24. The molecule has 0 aromatic heterocycles. The highest BCUT2D eigenvalue weighted by Gasteiger charge is 2.28. The molecule has 7 nitrogen and oxygen atoms in total. The molecular weight excluding hydrogens is 300 g/mol. The third-order valence-corrected chi connectivity index (χ3v) is 3.65. The molecule has 1 aliphatic rings. The molecule has 0 unspecified atom stereocenters. The van der Waals surface area contributed by atoms with Gasteiger partial charge < -0.3 is 10.1 Å². The fourth-order valence-corrected chi connectivity index (χ4v) is 2.30. The summed E-state index contributed by atoms with van der Waals surface area (Å²) in [4.78, 5) is 47.6. The number of carbonyl (C=O) groups excluding carboxylic acids is 4. The van der Waals surface area contributed by atoms with Crippen LogP contribution in [0, 0.1) is 6.92 Å². The van der Waals surface area contributed by atoms with Gasteiger partial charge in [0.2, 0.25) is 17.7 Å². The van der Waals surface area contributed by atoms with Gasteiger partial charge in [-0.1, -0.05) is 6.07 Å². The van der Waals surface area contributed by atoms with Gasteiger partial charge in [0.15, 0.2) is 0 Å². The van der Waals surface area contributed by atoms with Crippen LogP contribution in [0.15, 0.2) is 18.2 Å². The summed E-state index contributed by atoms with van der Waals surface area (Å²) in [6.45, 7) is 1.86. The number of esters is 1. The van der Waals surface area contributed by atoms with Crippen LogP contribution >= 0.6 is 0 Å². The number of amides is 3. The van der Waals surface area contributed by atoms with E-state index in [2.05, 4.69) is 10.1 Å². The van der Waals surface area contributed by atoms with Crippen molar-refractivity contribution in [3.8, 4) is 0 Å². The minimum atomic E-state index is -0.492. The molecule has 23 heavy (non-hydrogen) atoms. The van der Waals surface area contributed by atoms with Crippen LogP contribution in [0.25, 0.3) is 0 Å². The summed E-state index contributed by atoms with van der Waals surface area (Å²) in [6, 6.07) is 4.85. The third kappa shape index (κ3) is 3.94. The van der Waals surface area contributed by atoms with Crippen molar-refractivity contribution in [1.82, 2.24) is 4.90 Å². The quantitative estimate of drug-likeness (QED) is 0.651. The zero-order chi connectivity index (χ0) is 17.0. The number of nitrogens with one attached hydrogen (secondary N) is 1. The first-order valence-corrected chi connectivity index (χ1v) is 7.24. The topological polar surface area (TPSA) is 92.8 Å². The highest BCUT2D eigenvalue weighted by Crippen LogP contribution is 2.18. The number of ether oxygens (including phenoxy) is 1. The summed E-state index contributed by atoms with van der Waals surface area (Å²) in [6.07, 6.45) is 0.431. The lowest BCUT2D eigenvalue weighted by atomic mass is 10.1. The van der Waals surface area contributed by atoms with E-state index in [-0.39, 0.29) is 43.5 Å². The predicted octanol–water partition coefficient (Wildman–Crippen LogP) is 1.26. The van der Waals surface area contributed by atoms with Gasteiger partial charge in [0.25, 0.3) is 0 Å². The van der Waals surface area contributed by atoms with Crippen LogP contribution in [0.4, 0.5) is 5.69 Å². The molecule has 0 aliphatic carbocycles. The van der Waals surface area contributed by atoms with Gasteiger partial charge in [0.05, 0.1) is 12.7 Å². The Balaban J connectivity index is 1.98. The Morgan fingerprint density at radius 1 is 1.22 bits per heavy atom. The summed E-state index contributed by atoms with van der Waals surface area (Å²) in [5.41, 5.74) is 1.62. The average molecular weight is 318 g/mol. The minimum Gasteiger partial charge on any atom is -0.465 e. The summed E-state index contributed by atoms with van der Waals surface area (Å²) in [5, 5.41) is 2.69. The van der Waals surface area contributed by atoms with Gasteiger partial charge in [-0.3, -0.25) is 19.3 Å². The van der Waals surface area contributed by atoms with Crippen LogP contribution in [-0.2, 0) is 19.1 Å². The first-order chi connectivity index (χ1) is 10.9. The van der Waals surface area contributed by atoms with Crippen molar-refractivity contribution in [1.29, 1.82) is 0 Å². The Morgan fingerprint density at radius 2 is 1.87 bits per heavy atom. The Kier molecular flexibility index (Phi) is 5.10. The van der Waals surface area contributed by atoms with E-state index in [1.54, 1.807) is 19.1 Å². The number of aryl methyl sites for hydroxylation is 1. The van der Waals surface area contributed by atoms with E-state index in [1.807, 2.05) is 0 Å². The van der Waals surface area contributed by atoms with E-state index in [0.29, 0.717) is 11.3 Å². The van der Waals surface area contributed by atoms with E-state index in [0.717, 1.165) is 10.5 Å². The number of nitrogens with zero attached hydrogens (tertiary/aromatic N) is 1. The monoisotopic (exact) mass is 318 g/mol. The summed E-state index contributed by atoms with van der Waals surface area (Å²) in [5.74, 6) is -1.31. The molecular formula is C16H18N2O5. The Bertz CT molecular complexity index is 652. The van der Waals surface area contributed by atoms with Crippen molar-refractivity contribution in [2.45, 2.75) is 26.2 Å². The van der Waals surface area contributed by atoms with Crippen molar-refractivity contribution in [3.05, 3.63) is 29.3 Å². The van der Waals surface area contributed by atoms with Crippen molar-refractivity contribution >= 4 is 29.4 Å². The number of rotatable bonds is 5. The molecule has 1 fully saturated rings. The van der Waals surface area contributed by atoms with E-state index in [9.17, 15) is 19.2 Å². The smallest absolute Gasteiger partial charge is 0.337 e. The third-order valence-electron chi connectivity index (χ3n) is 3.65. The molecule has 1 saturated heterocycles. The van der Waals surface area contributed by atoms with Gasteiger partial charge in [-0.15, -0.1) is 0 Å². The standard InChI is InChI=1S/C16H18N2O5/c1-10-3-4-11(16(22)23-2)9-12(10)17-13(19)7-8-18-14(20)5-6-15(18)21/h3-4,9H,5-8H2,1-2H3,(H,17,19). The van der Waals surface area contributed by atoms with Crippen molar-refractivity contribution in [2.75, 3.05) is 19.0 Å². The fraction of sp³-hybridized carbons (Fsp3) is 0.375. The largest absolute Gasteiger partial charge is 0.465 e. The molecule has 0 spiro atoms. The number of anilines is 1. The van der Waals surface area contributed by atoms with E-state index >= 15 is 0 Å². The van der Waals surface area contributed by atoms with Gasteiger partial charge in [0.1, 0.15) is 0 Å². The number of methoxy groups -OCH3 is 1. The maximum Gasteiger partial charge on any atom is 0.337 e. The molecule has 3 amide bonds. The van der Waals surface area contributed by atoms with Crippen LogP contribution in [0.5, 0.6) is 0 Å². The maximum absolute atomic E-state index is 12.0. The zero-order valence-electron chi connectivity index (χ0n) is 13.0. The molecule has 1 aromatic rings. The number of benzene rings is 1. The van der Waals surface area contributed by atoms with Gasteiger partial charge in [-0.25, -0.2) is 4.79 Å². The number of hydrogen-bond donors (Lipinski definition) is 1. The second-order valence-corrected chi connectivity index (χ2v) is 5.26. The summed E-state index contributed by atoms with van der Waals surface area (Å²) in [7, 11) is 1.28. The lowest BCUT2D eigenvalue weighted by molar-refractivity contribution is -0.138. The molecule has 7 heteroatoms. The van der Waals surface area contributed by atoms with Crippen LogP contribution in [-0.4, -0.2) is 42.2 Å². The van der Waals surface area contributed by atoms with Crippen molar-refractivity contribution < 1.29 is 23.9 Å². The number of hydrogen-bond acceptors (Lipinski definition) is 5. The minimum absolute atomic E-state index is 0.0133. The van der Waals surface area contributed by atoms with Gasteiger partial charge in [-0.05, 0) is 24.6 Å². The Hall–Kier alpha value is -2.70. The molecule has 0 atom stereocenters. The van der Waals surface area contributed by atoms with Crippen molar-refractivity contribution in [3.63, 3.8) is 0 Å². The molecule has 0 saturated carbocycles. The lowest BCUT2D eigenvalue weighted by Gasteiger charge is -2.14. The van der Waals surface area contributed by atoms with E-state index < -0.39 is 5.97 Å². The lowest BCUT2D eigenvalue weighted by Crippen LogP contribution is -2.32. The van der Waals surface area contributed by atoms with E-state index in [1.165, 1.54) is 13.2 Å². The second-order valence-electron chi connectivity index (χ2n) is 5.26. The average Bonchev–Trinajstić information content (AvgIpc) is 2.85. The van der Waals surface area contributed by atoms with E-state index in [4.69, 9.17) is 0 Å². The van der Waals surface area contributed by atoms with Crippen LogP contribution < -0.4 is 5.32 Å². The Labute approximate surface area is 133 Å².